The largest absolute Gasteiger partial charge is 0.141 e. The summed E-state index contributed by atoms with van der Waals surface area (Å²) in [4.78, 5) is 0. The van der Waals surface area contributed by atoms with Crippen LogP contribution in [0.25, 0.3) is 0 Å². The summed E-state index contributed by atoms with van der Waals surface area (Å²) < 4.78 is 0. The van der Waals surface area contributed by atoms with Gasteiger partial charge in [-0.2, -0.15) is 0 Å². The van der Waals surface area contributed by atoms with Crippen molar-refractivity contribution in [2.75, 3.05) is 0 Å². The predicted molar refractivity (Wildman–Crippen MR) is 39.6 cm³/mol. The van der Waals surface area contributed by atoms with E-state index in [2.05, 4.69) is 0 Å². The molecule has 0 aliphatic carbocycles. The van der Waals surface area contributed by atoms with Crippen molar-refractivity contribution in [3.63, 3.8) is 0 Å². The Morgan fingerprint density at radius 1 is 1.25 bits per heavy atom. The van der Waals surface area contributed by atoms with E-state index in [-0.39, 0.29) is 0 Å². The second-order valence-electron chi connectivity index (χ2n) is 1.75. The maximum Gasteiger partial charge on any atom is 0.141 e. The van der Waals surface area contributed by atoms with Crippen LogP contribution < -0.4 is 5.46 Å². The highest BCUT2D eigenvalue weighted by atomic mass is 35.5. The number of hydrogen-bond donors (Lipinski definition) is 0. The lowest BCUT2D eigenvalue weighted by atomic mass is 9.97. The number of rotatable bonds is 0. The Morgan fingerprint density at radius 2 is 1.88 bits per heavy atom. The summed E-state index contributed by atoms with van der Waals surface area (Å²) in [7, 11) is 1.99. The summed E-state index contributed by atoms with van der Waals surface area (Å²) in [6, 6.07) is 7.77. The minimum Gasteiger partial charge on any atom is -0.0850 e. The van der Waals surface area contributed by atoms with E-state index in [4.69, 9.17) is 11.6 Å². The van der Waals surface area contributed by atoms with Crippen LogP contribution in [0.3, 0.4) is 0 Å². The Balaban J connectivity index is 3.13. The average Bonchev–Trinajstić information content (AvgIpc) is 1.77. The Labute approximate surface area is 54.9 Å². The van der Waals surface area contributed by atoms with Gasteiger partial charge in [0.2, 0.25) is 0 Å². The van der Waals surface area contributed by atoms with Gasteiger partial charge in [-0.1, -0.05) is 35.3 Å². The van der Waals surface area contributed by atoms with Gasteiger partial charge in [-0.15, -0.1) is 0 Å². The summed E-state index contributed by atoms with van der Waals surface area (Å²) in [6.07, 6.45) is 0. The average molecular weight is 124 g/mol. The van der Waals surface area contributed by atoms with Gasteiger partial charge in [0, 0.05) is 5.02 Å². The summed E-state index contributed by atoms with van der Waals surface area (Å²) >= 11 is 5.71. The fourth-order valence-corrected chi connectivity index (χ4v) is 0.687. The maximum atomic E-state index is 5.71. The molecular formula is C6H6BCl. The second-order valence-corrected chi connectivity index (χ2v) is 2.16. The molecule has 8 heavy (non-hydrogen) atoms. The van der Waals surface area contributed by atoms with Gasteiger partial charge in [0.05, 0.1) is 0 Å². The Kier molecular flexibility index (Phi) is 1.59. The van der Waals surface area contributed by atoms with Gasteiger partial charge in [0.15, 0.2) is 0 Å². The van der Waals surface area contributed by atoms with Crippen LogP contribution in [0, 0.1) is 0 Å². The van der Waals surface area contributed by atoms with Gasteiger partial charge in [0.25, 0.3) is 0 Å². The molecule has 0 radical (unpaired) electrons. The molecule has 40 valence electrons. The minimum atomic E-state index is 0.840. The molecule has 0 spiro atoms. The highest BCUT2D eigenvalue weighted by Crippen LogP contribution is 2.00. The molecule has 0 saturated carbocycles. The quantitative estimate of drug-likeness (QED) is 0.444. The third-order valence-electron chi connectivity index (χ3n) is 1.08. The van der Waals surface area contributed by atoms with E-state index in [1.165, 1.54) is 0 Å². The van der Waals surface area contributed by atoms with E-state index >= 15 is 0 Å². The third kappa shape index (κ3) is 1.04. The SMILES string of the molecule is Bc1ccccc1Cl. The molecule has 0 amide bonds. The molecule has 0 heterocycles. The van der Waals surface area contributed by atoms with Gasteiger partial charge >= 0.3 is 0 Å². The first-order chi connectivity index (χ1) is 3.80. The molecule has 0 N–H and O–H groups in total. The van der Waals surface area contributed by atoms with Crippen LogP contribution in [0.1, 0.15) is 0 Å². The van der Waals surface area contributed by atoms with E-state index < -0.39 is 0 Å². The summed E-state index contributed by atoms with van der Waals surface area (Å²) in [5.74, 6) is 0. The maximum absolute atomic E-state index is 5.71. The normalized spacial score (nSPS) is 9.12. The van der Waals surface area contributed by atoms with Crippen molar-refractivity contribution in [1.29, 1.82) is 0 Å². The fourth-order valence-electron chi connectivity index (χ4n) is 0.551. The van der Waals surface area contributed by atoms with Crippen LogP contribution in [0.2, 0.25) is 5.02 Å². The molecular weight excluding hydrogens is 118 g/mol. The molecule has 1 aromatic rings. The third-order valence-corrected chi connectivity index (χ3v) is 1.50. The Bertz CT molecular complexity index is 165. The highest BCUT2D eigenvalue weighted by Gasteiger charge is 1.86. The Morgan fingerprint density at radius 3 is 2.25 bits per heavy atom. The summed E-state index contributed by atoms with van der Waals surface area (Å²) in [5, 5.41) is 0.840. The first kappa shape index (κ1) is 5.71. The zero-order chi connectivity index (χ0) is 5.98. The highest BCUT2D eigenvalue weighted by molar-refractivity contribution is 6.44. The first-order valence-corrected chi connectivity index (χ1v) is 2.89. The second kappa shape index (κ2) is 2.23. The van der Waals surface area contributed by atoms with Gasteiger partial charge in [0.1, 0.15) is 7.85 Å². The smallest absolute Gasteiger partial charge is 0.0850 e. The number of benzene rings is 1. The van der Waals surface area contributed by atoms with Crippen molar-refractivity contribution in [1.82, 2.24) is 0 Å². The van der Waals surface area contributed by atoms with Gasteiger partial charge in [-0.05, 0) is 6.07 Å². The van der Waals surface area contributed by atoms with E-state index in [9.17, 15) is 0 Å². The zero-order valence-corrected chi connectivity index (χ0v) is 5.44. The van der Waals surface area contributed by atoms with Crippen LogP contribution in [-0.2, 0) is 0 Å². The standard InChI is InChI=1S/C6H6BCl/c7-5-3-1-2-4-6(5)8/h1-4H,7H2. The Hall–Kier alpha value is -0.425. The summed E-state index contributed by atoms with van der Waals surface area (Å²) in [5.41, 5.74) is 1.13. The molecule has 0 aliphatic rings. The van der Waals surface area contributed by atoms with Crippen LogP contribution in [0.5, 0.6) is 0 Å². The topological polar surface area (TPSA) is 0 Å². The molecule has 1 aromatic carbocycles. The predicted octanol–water partition coefficient (Wildman–Crippen LogP) is 0.598. The van der Waals surface area contributed by atoms with E-state index in [1.807, 2.05) is 32.1 Å². The molecule has 0 atom stereocenters. The van der Waals surface area contributed by atoms with E-state index in [0.717, 1.165) is 10.5 Å². The van der Waals surface area contributed by atoms with Crippen LogP contribution in [0.15, 0.2) is 24.3 Å². The molecule has 0 nitrogen and oxygen atoms in total. The van der Waals surface area contributed by atoms with Crippen LogP contribution in [-0.4, -0.2) is 7.85 Å². The number of halogens is 1. The van der Waals surface area contributed by atoms with Crippen LogP contribution in [0.4, 0.5) is 0 Å². The van der Waals surface area contributed by atoms with E-state index in [0.29, 0.717) is 0 Å². The fraction of sp³-hybridized carbons (Fsp3) is 0. The van der Waals surface area contributed by atoms with Gasteiger partial charge in [-0.25, -0.2) is 0 Å². The number of hydrogen-bond acceptors (Lipinski definition) is 0. The van der Waals surface area contributed by atoms with Gasteiger partial charge in [-0.3, -0.25) is 0 Å². The molecule has 0 saturated heterocycles. The lowest BCUT2D eigenvalue weighted by Gasteiger charge is -1.91. The van der Waals surface area contributed by atoms with Crippen molar-refractivity contribution >= 4 is 24.9 Å². The molecule has 1 rings (SSSR count). The molecule has 0 fully saturated rings. The lowest BCUT2D eigenvalue weighted by Crippen LogP contribution is -2.00. The summed E-state index contributed by atoms with van der Waals surface area (Å²) in [6.45, 7) is 0. The molecule has 0 bridgehead atoms. The molecule has 0 aromatic heterocycles. The molecule has 0 unspecified atom stereocenters. The van der Waals surface area contributed by atoms with Crippen molar-refractivity contribution in [3.05, 3.63) is 29.3 Å². The van der Waals surface area contributed by atoms with Crippen molar-refractivity contribution < 1.29 is 0 Å². The monoisotopic (exact) mass is 124 g/mol. The lowest BCUT2D eigenvalue weighted by molar-refractivity contribution is 1.77. The van der Waals surface area contributed by atoms with Gasteiger partial charge < -0.3 is 0 Å². The van der Waals surface area contributed by atoms with Crippen LogP contribution >= 0.6 is 11.6 Å². The minimum absolute atomic E-state index is 0.840. The van der Waals surface area contributed by atoms with Crippen molar-refractivity contribution in [2.24, 2.45) is 0 Å². The first-order valence-electron chi connectivity index (χ1n) is 2.52. The molecule has 2 heteroatoms. The zero-order valence-electron chi connectivity index (χ0n) is 4.69. The van der Waals surface area contributed by atoms with Crippen molar-refractivity contribution in [3.8, 4) is 0 Å². The van der Waals surface area contributed by atoms with Crippen molar-refractivity contribution in [2.45, 2.75) is 0 Å². The van der Waals surface area contributed by atoms with E-state index in [1.54, 1.807) is 0 Å². The molecule has 0 aliphatic heterocycles.